The van der Waals surface area contributed by atoms with Crippen molar-refractivity contribution < 1.29 is 10.0 Å². The molecule has 1 heterocycles. The molecule has 0 bridgehead atoms. The molecule has 1 aromatic carbocycles. The number of aliphatic hydroxyl groups excluding tert-OH is 1. The molecule has 2 N–H and O–H groups in total. The van der Waals surface area contributed by atoms with E-state index >= 15 is 0 Å². The zero-order valence-corrected chi connectivity index (χ0v) is 9.90. The number of rotatable bonds is 4. The van der Waals surface area contributed by atoms with E-state index in [9.17, 15) is 10.1 Å². The van der Waals surface area contributed by atoms with E-state index in [4.69, 9.17) is 5.11 Å². The minimum absolute atomic E-state index is 0.0323. The van der Waals surface area contributed by atoms with E-state index in [1.54, 1.807) is 13.0 Å². The van der Waals surface area contributed by atoms with Gasteiger partial charge in [-0.15, -0.1) is 0 Å². The highest BCUT2D eigenvalue weighted by Gasteiger charge is 2.10. The summed E-state index contributed by atoms with van der Waals surface area (Å²) in [6, 6.07) is 4.58. The van der Waals surface area contributed by atoms with Gasteiger partial charge in [-0.05, 0) is 13.0 Å². The molecule has 0 aliphatic carbocycles. The Morgan fingerprint density at radius 1 is 1.65 bits per heavy atom. The zero-order valence-electron chi connectivity index (χ0n) is 9.08. The van der Waals surface area contributed by atoms with Gasteiger partial charge in [0.15, 0.2) is 5.13 Å². The number of nitro benzene ring substituents is 1. The fourth-order valence-electron chi connectivity index (χ4n) is 1.34. The lowest BCUT2D eigenvalue weighted by Gasteiger charge is -2.03. The van der Waals surface area contributed by atoms with E-state index in [2.05, 4.69) is 10.3 Å². The van der Waals surface area contributed by atoms with Crippen molar-refractivity contribution >= 4 is 32.4 Å². The molecule has 0 fully saturated rings. The molecule has 0 saturated carbocycles. The number of nitrogens with one attached hydrogen (secondary N) is 1. The Hall–Kier alpha value is -1.73. The monoisotopic (exact) mass is 253 g/mol. The molecule has 0 aliphatic rings. The molecular weight excluding hydrogens is 242 g/mol. The lowest BCUT2D eigenvalue weighted by molar-refractivity contribution is -0.384. The van der Waals surface area contributed by atoms with Gasteiger partial charge in [-0.25, -0.2) is 4.98 Å². The molecule has 90 valence electrons. The highest BCUT2D eigenvalue weighted by molar-refractivity contribution is 7.22. The number of non-ortho nitro benzene ring substituents is 1. The molecule has 0 amide bonds. The largest absolute Gasteiger partial charge is 0.392 e. The average Bonchev–Trinajstić information content (AvgIpc) is 2.67. The molecule has 7 heteroatoms. The van der Waals surface area contributed by atoms with Crippen LogP contribution in [0.1, 0.15) is 6.92 Å². The molecule has 17 heavy (non-hydrogen) atoms. The van der Waals surface area contributed by atoms with E-state index in [-0.39, 0.29) is 5.69 Å². The van der Waals surface area contributed by atoms with E-state index in [1.165, 1.54) is 23.5 Å². The van der Waals surface area contributed by atoms with Crippen molar-refractivity contribution in [3.8, 4) is 0 Å². The van der Waals surface area contributed by atoms with E-state index < -0.39 is 11.0 Å². The quantitative estimate of drug-likeness (QED) is 0.642. The molecule has 2 aromatic rings. The van der Waals surface area contributed by atoms with Crippen molar-refractivity contribution in [2.24, 2.45) is 0 Å². The van der Waals surface area contributed by atoms with Gasteiger partial charge in [0.25, 0.3) is 5.69 Å². The SMILES string of the molecule is CC(O)CNc1nc2cc([N+](=O)[O-])ccc2s1. The Kier molecular flexibility index (Phi) is 3.21. The van der Waals surface area contributed by atoms with Crippen molar-refractivity contribution in [2.45, 2.75) is 13.0 Å². The highest BCUT2D eigenvalue weighted by Crippen LogP contribution is 2.28. The van der Waals surface area contributed by atoms with Gasteiger partial charge >= 0.3 is 0 Å². The molecule has 2 rings (SSSR count). The summed E-state index contributed by atoms with van der Waals surface area (Å²) < 4.78 is 0.878. The van der Waals surface area contributed by atoms with Gasteiger partial charge in [0.1, 0.15) is 0 Å². The summed E-state index contributed by atoms with van der Waals surface area (Å²) in [5.41, 5.74) is 0.627. The second kappa shape index (κ2) is 4.64. The van der Waals surface area contributed by atoms with Crippen LogP contribution in [0.3, 0.4) is 0 Å². The normalized spacial score (nSPS) is 12.6. The van der Waals surface area contributed by atoms with Gasteiger partial charge in [0.05, 0.1) is 21.2 Å². The summed E-state index contributed by atoms with van der Waals surface area (Å²) in [5.74, 6) is 0. The Balaban J connectivity index is 2.27. The Morgan fingerprint density at radius 3 is 3.06 bits per heavy atom. The number of nitro groups is 1. The summed E-state index contributed by atoms with van der Waals surface area (Å²) in [4.78, 5) is 14.4. The lowest BCUT2D eigenvalue weighted by Crippen LogP contribution is -2.14. The van der Waals surface area contributed by atoms with Crippen molar-refractivity contribution in [3.05, 3.63) is 28.3 Å². The number of benzene rings is 1. The van der Waals surface area contributed by atoms with Crippen LogP contribution < -0.4 is 5.32 Å². The fourth-order valence-corrected chi connectivity index (χ4v) is 2.19. The third-order valence-corrected chi connectivity index (χ3v) is 3.12. The molecule has 0 spiro atoms. The third-order valence-electron chi connectivity index (χ3n) is 2.13. The molecule has 0 saturated heterocycles. The minimum Gasteiger partial charge on any atom is -0.392 e. The van der Waals surface area contributed by atoms with Gasteiger partial charge in [-0.1, -0.05) is 11.3 Å². The topological polar surface area (TPSA) is 88.3 Å². The van der Waals surface area contributed by atoms with Gasteiger partial charge in [0, 0.05) is 18.7 Å². The number of thiazole rings is 1. The van der Waals surface area contributed by atoms with Crippen LogP contribution in [-0.4, -0.2) is 27.7 Å². The smallest absolute Gasteiger partial charge is 0.271 e. The Morgan fingerprint density at radius 2 is 2.41 bits per heavy atom. The molecule has 1 aromatic heterocycles. The van der Waals surface area contributed by atoms with Crippen LogP contribution in [-0.2, 0) is 0 Å². The van der Waals surface area contributed by atoms with Crippen LogP contribution in [0.4, 0.5) is 10.8 Å². The van der Waals surface area contributed by atoms with Crippen molar-refractivity contribution in [2.75, 3.05) is 11.9 Å². The first kappa shape index (κ1) is 11.7. The Bertz CT molecular complexity index is 553. The summed E-state index contributed by atoms with van der Waals surface area (Å²) in [7, 11) is 0. The summed E-state index contributed by atoms with van der Waals surface area (Å²) in [6.07, 6.45) is -0.462. The van der Waals surface area contributed by atoms with Gasteiger partial charge in [-0.3, -0.25) is 10.1 Å². The first-order chi connectivity index (χ1) is 8.06. The number of aromatic nitrogens is 1. The number of anilines is 1. The van der Waals surface area contributed by atoms with E-state index in [0.717, 1.165) is 4.70 Å². The summed E-state index contributed by atoms with van der Waals surface area (Å²) in [6.45, 7) is 2.08. The maximum atomic E-state index is 10.6. The number of fused-ring (bicyclic) bond motifs is 1. The van der Waals surface area contributed by atoms with Crippen LogP contribution in [0.2, 0.25) is 0 Å². The molecule has 6 nitrogen and oxygen atoms in total. The number of aliphatic hydroxyl groups is 1. The van der Waals surface area contributed by atoms with Crippen LogP contribution in [0.15, 0.2) is 18.2 Å². The summed E-state index contributed by atoms with van der Waals surface area (Å²) >= 11 is 1.40. The fraction of sp³-hybridized carbons (Fsp3) is 0.300. The predicted molar refractivity (Wildman–Crippen MR) is 66.4 cm³/mol. The lowest BCUT2D eigenvalue weighted by atomic mass is 10.3. The Labute approximate surface area is 101 Å². The van der Waals surface area contributed by atoms with E-state index in [0.29, 0.717) is 17.2 Å². The average molecular weight is 253 g/mol. The van der Waals surface area contributed by atoms with Crippen molar-refractivity contribution in [1.29, 1.82) is 0 Å². The standard InChI is InChI=1S/C10H11N3O3S/c1-6(14)5-11-10-12-8-4-7(13(15)16)2-3-9(8)17-10/h2-4,6,14H,5H2,1H3,(H,11,12). The van der Waals surface area contributed by atoms with Gasteiger partial charge in [-0.2, -0.15) is 0 Å². The van der Waals surface area contributed by atoms with Crippen molar-refractivity contribution in [1.82, 2.24) is 4.98 Å². The third kappa shape index (κ3) is 2.69. The second-order valence-electron chi connectivity index (χ2n) is 3.66. The zero-order chi connectivity index (χ0) is 12.4. The van der Waals surface area contributed by atoms with Crippen LogP contribution in [0, 0.1) is 10.1 Å². The molecule has 1 atom stereocenters. The number of hydrogen-bond acceptors (Lipinski definition) is 6. The number of hydrogen-bond donors (Lipinski definition) is 2. The van der Waals surface area contributed by atoms with Crippen molar-refractivity contribution in [3.63, 3.8) is 0 Å². The maximum Gasteiger partial charge on any atom is 0.271 e. The first-order valence-electron chi connectivity index (χ1n) is 5.03. The van der Waals surface area contributed by atoms with E-state index in [1.807, 2.05) is 0 Å². The molecule has 1 unspecified atom stereocenters. The molecule has 0 radical (unpaired) electrons. The minimum atomic E-state index is -0.462. The van der Waals surface area contributed by atoms with Gasteiger partial charge in [0.2, 0.25) is 0 Å². The number of nitrogens with zero attached hydrogens (tertiary/aromatic N) is 2. The van der Waals surface area contributed by atoms with Crippen LogP contribution in [0.5, 0.6) is 0 Å². The van der Waals surface area contributed by atoms with Crippen LogP contribution >= 0.6 is 11.3 Å². The second-order valence-corrected chi connectivity index (χ2v) is 4.69. The maximum absolute atomic E-state index is 10.6. The molecule has 0 aliphatic heterocycles. The predicted octanol–water partition coefficient (Wildman–Crippen LogP) is 2.00. The first-order valence-corrected chi connectivity index (χ1v) is 5.85. The van der Waals surface area contributed by atoms with Crippen LogP contribution in [0.25, 0.3) is 10.2 Å². The summed E-state index contributed by atoms with van der Waals surface area (Å²) in [5, 5.41) is 23.4. The highest BCUT2D eigenvalue weighted by atomic mass is 32.1. The molecular formula is C10H11N3O3S. The van der Waals surface area contributed by atoms with Gasteiger partial charge < -0.3 is 10.4 Å².